The molecule has 0 amide bonds. The molecule has 47 valence electrons. The predicted molar refractivity (Wildman–Crippen MR) is 33.4 cm³/mol. The topological polar surface area (TPSA) is 59.1 Å². The maximum Gasteiger partial charge on any atom is 0.128 e. The van der Waals surface area contributed by atoms with Gasteiger partial charge in [-0.05, 0) is 6.07 Å². The Morgan fingerprint density at radius 1 is 1.78 bits per heavy atom. The molecule has 1 aromatic rings. The summed E-state index contributed by atoms with van der Waals surface area (Å²) in [6, 6.07) is 4.32. The van der Waals surface area contributed by atoms with Crippen molar-refractivity contribution in [3.63, 3.8) is 0 Å². The van der Waals surface area contributed by atoms with E-state index in [1.807, 2.05) is 0 Å². The van der Waals surface area contributed by atoms with Gasteiger partial charge in [0.2, 0.25) is 0 Å². The van der Waals surface area contributed by atoms with Crippen LogP contribution in [0.4, 0.5) is 5.82 Å². The molecule has 0 aliphatic rings. The number of nitrogen functional groups attached to an aromatic ring is 1. The molecule has 9 heavy (non-hydrogen) atoms. The molecule has 3 nitrogen and oxygen atoms in total. The lowest BCUT2D eigenvalue weighted by atomic mass is 10.3. The van der Waals surface area contributed by atoms with Crippen LogP contribution in [0.5, 0.6) is 0 Å². The van der Waals surface area contributed by atoms with Gasteiger partial charge in [0.05, 0.1) is 6.61 Å². The molecule has 1 radical (unpaired) electrons. The van der Waals surface area contributed by atoms with Crippen LogP contribution in [-0.4, -0.2) is 10.1 Å². The van der Waals surface area contributed by atoms with E-state index in [0.29, 0.717) is 11.4 Å². The number of rotatable bonds is 1. The second kappa shape index (κ2) is 2.46. The molecule has 0 unspecified atom stereocenters. The average Bonchev–Trinajstić information content (AvgIpc) is 1.89. The van der Waals surface area contributed by atoms with Gasteiger partial charge in [-0.15, -0.1) is 0 Å². The molecule has 1 aromatic heterocycles. The summed E-state index contributed by atoms with van der Waals surface area (Å²) in [4.78, 5) is 3.71. The molecule has 3 N–H and O–H groups in total. The van der Waals surface area contributed by atoms with E-state index in [-0.39, 0.29) is 6.61 Å². The Labute approximate surface area is 53.2 Å². The SMILES string of the molecule is Nc1nc[c]cc1CO. The quantitative estimate of drug-likeness (QED) is 0.550. The zero-order chi connectivity index (χ0) is 6.69. The normalized spacial score (nSPS) is 9.44. The minimum Gasteiger partial charge on any atom is -0.392 e. The molecule has 0 atom stereocenters. The molecule has 1 heterocycles. The highest BCUT2D eigenvalue weighted by molar-refractivity contribution is 5.37. The van der Waals surface area contributed by atoms with Gasteiger partial charge in [0, 0.05) is 17.8 Å². The van der Waals surface area contributed by atoms with E-state index in [0.717, 1.165) is 0 Å². The zero-order valence-electron chi connectivity index (χ0n) is 4.83. The molecule has 0 fully saturated rings. The first-order valence-electron chi connectivity index (χ1n) is 2.56. The summed E-state index contributed by atoms with van der Waals surface area (Å²) >= 11 is 0. The molecule has 0 spiro atoms. The number of nitrogens with two attached hydrogens (primary N) is 1. The van der Waals surface area contributed by atoms with Crippen molar-refractivity contribution in [2.45, 2.75) is 6.61 Å². The number of aliphatic hydroxyl groups excluding tert-OH is 1. The van der Waals surface area contributed by atoms with Crippen LogP contribution < -0.4 is 5.73 Å². The van der Waals surface area contributed by atoms with Crippen molar-refractivity contribution in [1.82, 2.24) is 4.98 Å². The zero-order valence-corrected chi connectivity index (χ0v) is 4.83. The predicted octanol–water partition coefficient (Wildman–Crippen LogP) is -0.0437. The van der Waals surface area contributed by atoms with Crippen molar-refractivity contribution >= 4 is 5.82 Å². The Morgan fingerprint density at radius 2 is 2.56 bits per heavy atom. The lowest BCUT2D eigenvalue weighted by Crippen LogP contribution is -1.95. The summed E-state index contributed by atoms with van der Waals surface area (Å²) in [5, 5.41) is 8.58. The fourth-order valence-electron chi connectivity index (χ4n) is 0.528. The summed E-state index contributed by atoms with van der Waals surface area (Å²) in [6.07, 6.45) is 1.47. The molecular weight excluding hydrogens is 116 g/mol. The first kappa shape index (κ1) is 6.04. The Kier molecular flexibility index (Phi) is 1.65. The van der Waals surface area contributed by atoms with Gasteiger partial charge >= 0.3 is 0 Å². The van der Waals surface area contributed by atoms with E-state index in [9.17, 15) is 0 Å². The van der Waals surface area contributed by atoms with Gasteiger partial charge < -0.3 is 10.8 Å². The van der Waals surface area contributed by atoms with Gasteiger partial charge in [0.1, 0.15) is 5.82 Å². The van der Waals surface area contributed by atoms with Crippen LogP contribution in [0.3, 0.4) is 0 Å². The van der Waals surface area contributed by atoms with Crippen molar-refractivity contribution in [3.8, 4) is 0 Å². The summed E-state index contributed by atoms with van der Waals surface area (Å²) in [6.45, 7) is -0.0732. The van der Waals surface area contributed by atoms with E-state index in [4.69, 9.17) is 10.8 Å². The van der Waals surface area contributed by atoms with E-state index >= 15 is 0 Å². The third-order valence-corrected chi connectivity index (χ3v) is 1.04. The number of hydrogen-bond acceptors (Lipinski definition) is 3. The van der Waals surface area contributed by atoms with Crippen LogP contribution in [-0.2, 0) is 6.61 Å². The minimum absolute atomic E-state index is 0.0732. The van der Waals surface area contributed by atoms with Gasteiger partial charge in [-0.25, -0.2) is 4.98 Å². The molecular formula is C6H7N2O. The van der Waals surface area contributed by atoms with Gasteiger partial charge in [-0.2, -0.15) is 0 Å². The highest BCUT2D eigenvalue weighted by atomic mass is 16.3. The Morgan fingerprint density at radius 3 is 3.00 bits per heavy atom. The maximum atomic E-state index is 8.58. The number of aliphatic hydroxyl groups is 1. The highest BCUT2D eigenvalue weighted by Crippen LogP contribution is 2.04. The first-order valence-corrected chi connectivity index (χ1v) is 2.56. The van der Waals surface area contributed by atoms with E-state index in [2.05, 4.69) is 11.1 Å². The maximum absolute atomic E-state index is 8.58. The van der Waals surface area contributed by atoms with E-state index in [1.165, 1.54) is 6.20 Å². The fourth-order valence-corrected chi connectivity index (χ4v) is 0.528. The van der Waals surface area contributed by atoms with Crippen LogP contribution >= 0.6 is 0 Å². The molecule has 0 aliphatic carbocycles. The first-order chi connectivity index (χ1) is 4.34. The molecule has 0 aromatic carbocycles. The Hall–Kier alpha value is -1.09. The number of aromatic nitrogens is 1. The second-order valence-electron chi connectivity index (χ2n) is 1.64. The van der Waals surface area contributed by atoms with Crippen molar-refractivity contribution in [2.24, 2.45) is 0 Å². The summed E-state index contributed by atoms with van der Waals surface area (Å²) < 4.78 is 0. The van der Waals surface area contributed by atoms with Gasteiger partial charge in [-0.3, -0.25) is 0 Å². The van der Waals surface area contributed by atoms with Gasteiger partial charge in [0.25, 0.3) is 0 Å². The molecule has 0 saturated heterocycles. The summed E-state index contributed by atoms with van der Waals surface area (Å²) in [5.41, 5.74) is 5.96. The van der Waals surface area contributed by atoms with Crippen LogP contribution in [0, 0.1) is 6.07 Å². The number of nitrogens with zero attached hydrogens (tertiary/aromatic N) is 1. The van der Waals surface area contributed by atoms with Crippen molar-refractivity contribution in [2.75, 3.05) is 5.73 Å². The van der Waals surface area contributed by atoms with Gasteiger partial charge in [-0.1, -0.05) is 0 Å². The summed E-state index contributed by atoms with van der Waals surface area (Å²) in [5.74, 6) is 0.372. The number of hydrogen-bond donors (Lipinski definition) is 2. The van der Waals surface area contributed by atoms with E-state index < -0.39 is 0 Å². The highest BCUT2D eigenvalue weighted by Gasteiger charge is 1.93. The smallest absolute Gasteiger partial charge is 0.128 e. The van der Waals surface area contributed by atoms with Crippen LogP contribution in [0.15, 0.2) is 12.3 Å². The third kappa shape index (κ3) is 1.17. The van der Waals surface area contributed by atoms with Gasteiger partial charge in [0.15, 0.2) is 0 Å². The molecule has 1 rings (SSSR count). The standard InChI is InChI=1S/C6H7N2O/c7-6-5(4-9)2-1-3-8-6/h2-3,9H,4H2,(H2,7,8). The molecule has 3 heteroatoms. The van der Waals surface area contributed by atoms with Crippen LogP contribution in [0.25, 0.3) is 0 Å². The number of anilines is 1. The Bertz CT molecular complexity index is 200. The van der Waals surface area contributed by atoms with E-state index in [1.54, 1.807) is 6.07 Å². The minimum atomic E-state index is -0.0732. The van der Waals surface area contributed by atoms with Crippen LogP contribution in [0.2, 0.25) is 0 Å². The lowest BCUT2D eigenvalue weighted by molar-refractivity contribution is 0.282. The average molecular weight is 123 g/mol. The van der Waals surface area contributed by atoms with Crippen LogP contribution in [0.1, 0.15) is 5.56 Å². The van der Waals surface area contributed by atoms with Crippen molar-refractivity contribution < 1.29 is 5.11 Å². The molecule has 0 saturated carbocycles. The Balaban J connectivity index is 3.01. The molecule has 0 aliphatic heterocycles. The largest absolute Gasteiger partial charge is 0.392 e. The lowest BCUT2D eigenvalue weighted by Gasteiger charge is -1.96. The summed E-state index contributed by atoms with van der Waals surface area (Å²) in [7, 11) is 0. The number of pyridine rings is 1. The molecule has 0 bridgehead atoms. The fraction of sp³-hybridized carbons (Fsp3) is 0.167. The second-order valence-corrected chi connectivity index (χ2v) is 1.64. The van der Waals surface area contributed by atoms with Crippen molar-refractivity contribution in [1.29, 1.82) is 0 Å². The van der Waals surface area contributed by atoms with Crippen molar-refractivity contribution in [3.05, 3.63) is 23.9 Å². The monoisotopic (exact) mass is 123 g/mol. The third-order valence-electron chi connectivity index (χ3n) is 1.04.